The van der Waals surface area contributed by atoms with Crippen molar-refractivity contribution in [2.45, 2.75) is 25.0 Å². The first-order valence-corrected chi connectivity index (χ1v) is 10.9. The minimum atomic E-state index is -1.03. The zero-order valence-corrected chi connectivity index (χ0v) is 18.7. The molecule has 1 N–H and O–H groups in total. The van der Waals surface area contributed by atoms with Crippen molar-refractivity contribution in [3.63, 3.8) is 0 Å². The van der Waals surface area contributed by atoms with Gasteiger partial charge >= 0.3 is 5.97 Å². The van der Waals surface area contributed by atoms with Crippen LogP contribution in [-0.4, -0.2) is 29.5 Å². The molecule has 8 heteroatoms. The number of nitrogens with one attached hydrogen (secondary N) is 1. The molecule has 0 radical (unpaired) electrons. The molecular formula is C22H18ClIN2O4. The van der Waals surface area contributed by atoms with Crippen LogP contribution in [0.4, 0.5) is 0 Å². The number of hydrogen-bond acceptors (Lipinski definition) is 5. The summed E-state index contributed by atoms with van der Waals surface area (Å²) in [4.78, 5) is 29.5. The van der Waals surface area contributed by atoms with Crippen LogP contribution in [0.25, 0.3) is 10.9 Å². The van der Waals surface area contributed by atoms with Gasteiger partial charge in [0, 0.05) is 23.2 Å². The first-order chi connectivity index (χ1) is 14.5. The van der Waals surface area contributed by atoms with Crippen LogP contribution in [-0.2, 0) is 14.3 Å². The van der Waals surface area contributed by atoms with E-state index < -0.39 is 12.1 Å². The zero-order valence-electron chi connectivity index (χ0n) is 15.8. The molecule has 0 unspecified atom stereocenters. The van der Waals surface area contributed by atoms with Crippen LogP contribution < -0.4 is 10.1 Å². The lowest BCUT2D eigenvalue weighted by Gasteiger charge is -2.18. The Labute approximate surface area is 192 Å². The standard InChI is InChI=1S/C22H18ClIN2O4/c23-16-11-17(24)21(19-15(16)7-4-10-25-19)29-12-18(27)30-20(13-5-2-1-3-6-13)22(28)26-14-8-9-14/h1-7,10-11,14,20H,8-9,12H2,(H,26,28)/t20-/m0/s1. The van der Waals surface area contributed by atoms with E-state index in [2.05, 4.69) is 32.9 Å². The maximum atomic E-state index is 12.6. The number of aromatic nitrogens is 1. The van der Waals surface area contributed by atoms with Gasteiger partial charge in [-0.1, -0.05) is 41.9 Å². The van der Waals surface area contributed by atoms with Gasteiger partial charge in [-0.25, -0.2) is 4.79 Å². The summed E-state index contributed by atoms with van der Waals surface area (Å²) in [6.45, 7) is -0.358. The third-order valence-corrected chi connectivity index (χ3v) is 5.71. The summed E-state index contributed by atoms with van der Waals surface area (Å²) in [5.41, 5.74) is 1.17. The lowest BCUT2D eigenvalue weighted by molar-refractivity contribution is -0.158. The minimum absolute atomic E-state index is 0.159. The summed E-state index contributed by atoms with van der Waals surface area (Å²) < 4.78 is 12.0. The van der Waals surface area contributed by atoms with E-state index >= 15 is 0 Å². The second-order valence-electron chi connectivity index (χ2n) is 6.92. The number of pyridine rings is 1. The fourth-order valence-corrected chi connectivity index (χ4v) is 4.15. The summed E-state index contributed by atoms with van der Waals surface area (Å²) in [5, 5.41) is 4.17. The predicted molar refractivity (Wildman–Crippen MR) is 121 cm³/mol. The summed E-state index contributed by atoms with van der Waals surface area (Å²) in [5.74, 6) is -0.527. The first kappa shape index (κ1) is 20.9. The number of nitrogens with zero attached hydrogens (tertiary/aromatic N) is 1. The largest absolute Gasteiger partial charge is 0.478 e. The summed E-state index contributed by atoms with van der Waals surface area (Å²) in [6, 6.07) is 14.5. The molecule has 1 heterocycles. The Morgan fingerprint density at radius 2 is 1.97 bits per heavy atom. The van der Waals surface area contributed by atoms with Gasteiger partial charge in [0.05, 0.1) is 8.59 Å². The fraction of sp³-hybridized carbons (Fsp3) is 0.227. The SMILES string of the molecule is O=C(COc1c(I)cc(Cl)c2cccnc12)O[C@H](C(=O)NC1CC1)c1ccccc1. The number of hydrogen-bond donors (Lipinski definition) is 1. The molecule has 2 aromatic carbocycles. The molecule has 0 saturated heterocycles. The van der Waals surface area contributed by atoms with E-state index in [1.807, 2.05) is 12.1 Å². The molecule has 1 atom stereocenters. The summed E-state index contributed by atoms with van der Waals surface area (Å²) in [7, 11) is 0. The normalized spacial score (nSPS) is 14.2. The van der Waals surface area contributed by atoms with Crippen LogP contribution in [0.2, 0.25) is 5.02 Å². The second kappa shape index (κ2) is 9.18. The average molecular weight is 537 g/mol. The molecule has 1 aliphatic rings. The number of benzene rings is 2. The Bertz CT molecular complexity index is 1090. The summed E-state index contributed by atoms with van der Waals surface area (Å²) in [6.07, 6.45) is 2.49. The van der Waals surface area contributed by atoms with Crippen molar-refractivity contribution in [2.75, 3.05) is 6.61 Å². The molecule has 1 saturated carbocycles. The molecule has 0 spiro atoms. The molecule has 0 aliphatic heterocycles. The van der Waals surface area contributed by atoms with Crippen LogP contribution in [0.1, 0.15) is 24.5 Å². The highest BCUT2D eigenvalue weighted by atomic mass is 127. The smallest absolute Gasteiger partial charge is 0.345 e. The Kier molecular flexibility index (Phi) is 6.38. The molecule has 6 nitrogen and oxygen atoms in total. The Morgan fingerprint density at radius 3 is 2.70 bits per heavy atom. The molecule has 3 aromatic rings. The van der Waals surface area contributed by atoms with Crippen molar-refractivity contribution < 1.29 is 19.1 Å². The van der Waals surface area contributed by atoms with Crippen molar-refractivity contribution in [1.29, 1.82) is 0 Å². The number of carbonyl (C=O) groups excluding carboxylic acids is 2. The topological polar surface area (TPSA) is 77.5 Å². The van der Waals surface area contributed by atoms with E-state index in [-0.39, 0.29) is 18.6 Å². The van der Waals surface area contributed by atoms with Crippen LogP contribution in [0.5, 0.6) is 5.75 Å². The minimum Gasteiger partial charge on any atom is -0.478 e. The van der Waals surface area contributed by atoms with Crippen molar-refractivity contribution in [3.8, 4) is 5.75 Å². The first-order valence-electron chi connectivity index (χ1n) is 9.43. The van der Waals surface area contributed by atoms with Gasteiger partial charge in [-0.2, -0.15) is 0 Å². The van der Waals surface area contributed by atoms with Crippen LogP contribution in [0, 0.1) is 3.57 Å². The lowest BCUT2D eigenvalue weighted by atomic mass is 10.1. The van der Waals surface area contributed by atoms with E-state index in [9.17, 15) is 9.59 Å². The number of halogens is 2. The van der Waals surface area contributed by atoms with Gasteiger partial charge < -0.3 is 14.8 Å². The van der Waals surface area contributed by atoms with Crippen molar-refractivity contribution in [3.05, 3.63) is 68.9 Å². The Hall–Kier alpha value is -2.39. The highest BCUT2D eigenvalue weighted by Gasteiger charge is 2.31. The molecule has 154 valence electrons. The molecule has 1 amide bonds. The molecule has 1 fully saturated rings. The third-order valence-electron chi connectivity index (χ3n) is 4.60. The average Bonchev–Trinajstić information content (AvgIpc) is 3.56. The van der Waals surface area contributed by atoms with Gasteiger partial charge in [-0.05, 0) is 53.6 Å². The lowest BCUT2D eigenvalue weighted by Crippen LogP contribution is -2.34. The van der Waals surface area contributed by atoms with Gasteiger partial charge in [0.1, 0.15) is 5.52 Å². The maximum absolute atomic E-state index is 12.6. The number of carbonyl (C=O) groups is 2. The van der Waals surface area contributed by atoms with Crippen LogP contribution in [0.3, 0.4) is 0 Å². The van der Waals surface area contributed by atoms with Crippen molar-refractivity contribution in [1.82, 2.24) is 10.3 Å². The monoisotopic (exact) mass is 536 g/mol. The predicted octanol–water partition coefficient (Wildman–Crippen LogP) is 4.43. The second-order valence-corrected chi connectivity index (χ2v) is 8.49. The third kappa shape index (κ3) is 4.84. The van der Waals surface area contributed by atoms with E-state index in [1.54, 1.807) is 42.6 Å². The van der Waals surface area contributed by atoms with Gasteiger partial charge in [0.2, 0.25) is 6.10 Å². The van der Waals surface area contributed by atoms with E-state index in [4.69, 9.17) is 21.1 Å². The highest BCUT2D eigenvalue weighted by molar-refractivity contribution is 14.1. The zero-order chi connectivity index (χ0) is 21.1. The van der Waals surface area contributed by atoms with Crippen LogP contribution in [0.15, 0.2) is 54.7 Å². The van der Waals surface area contributed by atoms with Gasteiger partial charge in [-0.15, -0.1) is 0 Å². The highest BCUT2D eigenvalue weighted by Crippen LogP contribution is 2.34. The van der Waals surface area contributed by atoms with E-state index in [1.165, 1.54) is 0 Å². The quantitative estimate of drug-likeness (QED) is 0.357. The maximum Gasteiger partial charge on any atom is 0.345 e. The van der Waals surface area contributed by atoms with E-state index in [0.29, 0.717) is 21.9 Å². The molecule has 4 rings (SSSR count). The van der Waals surface area contributed by atoms with Gasteiger partial charge in [0.25, 0.3) is 5.91 Å². The Morgan fingerprint density at radius 1 is 1.20 bits per heavy atom. The number of ether oxygens (including phenoxy) is 2. The van der Waals surface area contributed by atoms with Crippen molar-refractivity contribution >= 4 is 57.0 Å². The van der Waals surface area contributed by atoms with E-state index in [0.717, 1.165) is 21.8 Å². The number of rotatable bonds is 7. The molecule has 1 aliphatic carbocycles. The number of fused-ring (bicyclic) bond motifs is 1. The fourth-order valence-electron chi connectivity index (χ4n) is 2.99. The molecular weight excluding hydrogens is 519 g/mol. The van der Waals surface area contributed by atoms with Crippen molar-refractivity contribution in [2.24, 2.45) is 0 Å². The van der Waals surface area contributed by atoms with Crippen LogP contribution >= 0.6 is 34.2 Å². The Balaban J connectivity index is 1.49. The van der Waals surface area contributed by atoms with Gasteiger partial charge in [0.15, 0.2) is 12.4 Å². The molecule has 1 aromatic heterocycles. The van der Waals surface area contributed by atoms with Gasteiger partial charge in [-0.3, -0.25) is 9.78 Å². The molecule has 0 bridgehead atoms. The number of esters is 1. The summed E-state index contributed by atoms with van der Waals surface area (Å²) >= 11 is 8.36. The number of amides is 1. The molecule has 30 heavy (non-hydrogen) atoms.